The number of furan rings is 1. The van der Waals surface area contributed by atoms with Gasteiger partial charge in [0.2, 0.25) is 0 Å². The number of nitrogens with one attached hydrogen (secondary N) is 1. The Morgan fingerprint density at radius 1 is 1.20 bits per heavy atom. The van der Waals surface area contributed by atoms with Gasteiger partial charge in [0, 0.05) is 36.8 Å². The highest BCUT2D eigenvalue weighted by atomic mass is 16.5. The van der Waals surface area contributed by atoms with Gasteiger partial charge in [-0.2, -0.15) is 5.26 Å². The average Bonchev–Trinajstić information content (AvgIpc) is 3.49. The van der Waals surface area contributed by atoms with Gasteiger partial charge in [0.25, 0.3) is 5.91 Å². The number of fused-ring (bicyclic) bond motifs is 4. The van der Waals surface area contributed by atoms with Crippen molar-refractivity contribution in [2.75, 3.05) is 26.3 Å². The maximum atomic E-state index is 12.8. The Morgan fingerprint density at radius 2 is 2.03 bits per heavy atom. The van der Waals surface area contributed by atoms with Crippen LogP contribution in [0.15, 0.2) is 40.6 Å². The van der Waals surface area contributed by atoms with Crippen LogP contribution in [0.25, 0.3) is 39.7 Å². The number of amides is 1. The van der Waals surface area contributed by atoms with E-state index in [1.165, 1.54) is 25.3 Å². The topological polar surface area (TPSA) is 113 Å². The number of imidazole rings is 1. The van der Waals surface area contributed by atoms with Crippen LogP contribution in [0.2, 0.25) is 0 Å². The highest BCUT2D eigenvalue weighted by Crippen LogP contribution is 2.62. The Morgan fingerprint density at radius 3 is 2.83 bits per heavy atom. The highest BCUT2D eigenvalue weighted by Gasteiger charge is 2.55. The van der Waals surface area contributed by atoms with Crippen LogP contribution in [0, 0.1) is 23.2 Å². The first kappa shape index (κ1) is 20.5. The van der Waals surface area contributed by atoms with E-state index in [1.54, 1.807) is 11.0 Å². The first-order valence-corrected chi connectivity index (χ1v) is 12.2. The number of carbonyl (C=O) groups is 1. The number of aromatic amines is 1. The number of H-pyrrole nitrogens is 1. The number of carbonyl (C=O) groups excluding carboxylic acids is 1. The lowest BCUT2D eigenvalue weighted by Crippen LogP contribution is -2.41. The molecule has 1 amide bonds. The molecule has 3 fully saturated rings. The summed E-state index contributed by atoms with van der Waals surface area (Å²) < 4.78 is 13.8. The number of nitriles is 1. The van der Waals surface area contributed by atoms with Crippen molar-refractivity contribution in [3.05, 3.63) is 41.9 Å². The molecule has 7 rings (SSSR count). The van der Waals surface area contributed by atoms with Crippen LogP contribution in [0.3, 0.4) is 0 Å². The lowest BCUT2D eigenvalue weighted by molar-refractivity contribution is -0.130. The third kappa shape index (κ3) is 3.21. The molecular weight excluding hydrogens is 444 g/mol. The molecule has 35 heavy (non-hydrogen) atoms. The van der Waals surface area contributed by atoms with Crippen molar-refractivity contribution in [2.24, 2.45) is 11.8 Å². The fraction of sp³-hybridized carbons (Fsp3) is 0.385. The molecule has 176 valence electrons. The Hall–Kier alpha value is -3.90. The predicted molar refractivity (Wildman–Crippen MR) is 128 cm³/mol. The Labute approximate surface area is 201 Å². The molecule has 0 aromatic carbocycles. The molecule has 3 aliphatic rings. The van der Waals surface area contributed by atoms with Crippen LogP contribution in [-0.4, -0.2) is 56.6 Å². The van der Waals surface area contributed by atoms with Crippen LogP contribution in [-0.2, 0) is 9.53 Å². The summed E-state index contributed by atoms with van der Waals surface area (Å²) in [6.07, 6.45) is 9.02. The van der Waals surface area contributed by atoms with E-state index in [0.29, 0.717) is 55.7 Å². The lowest BCUT2D eigenvalue weighted by Gasteiger charge is -2.26. The molecule has 1 aliphatic heterocycles. The van der Waals surface area contributed by atoms with Crippen molar-refractivity contribution in [1.29, 1.82) is 5.26 Å². The van der Waals surface area contributed by atoms with Gasteiger partial charge in [0.1, 0.15) is 28.6 Å². The molecule has 1 N–H and O–H groups in total. The molecule has 9 heteroatoms. The molecule has 2 saturated carbocycles. The second-order valence-electron chi connectivity index (χ2n) is 9.56. The Balaban J connectivity index is 1.29. The quantitative estimate of drug-likeness (QED) is 0.359. The third-order valence-electron chi connectivity index (χ3n) is 7.68. The number of pyridine rings is 1. The van der Waals surface area contributed by atoms with E-state index in [2.05, 4.69) is 20.6 Å². The molecule has 9 nitrogen and oxygen atoms in total. The normalized spacial score (nSPS) is 24.1. The van der Waals surface area contributed by atoms with E-state index in [9.17, 15) is 10.1 Å². The van der Waals surface area contributed by atoms with Crippen molar-refractivity contribution < 1.29 is 13.9 Å². The zero-order chi connectivity index (χ0) is 23.5. The molecule has 4 aromatic heterocycles. The number of aromatic nitrogens is 4. The molecule has 5 heterocycles. The SMILES string of the molecule is N#C/C(=C\c1ccc(-c2nc3cnc4[nH]ccc4c3n2C2[C@H]3CCC[C@@H]23)o1)C(=O)N1CCOCC1. The number of hydrogen-bond acceptors (Lipinski definition) is 6. The third-order valence-corrected chi connectivity index (χ3v) is 7.68. The van der Waals surface area contributed by atoms with E-state index in [1.807, 2.05) is 24.5 Å². The fourth-order valence-corrected chi connectivity index (χ4v) is 5.99. The number of rotatable bonds is 4. The standard InChI is InChI=1S/C26H24N6O3/c27-13-15(26(33)31-8-10-34-11-9-31)12-16-4-5-21(35-16)25-30-20-14-29-24-19(6-7-28-24)23(20)32(25)22-17-2-1-3-18(17)22/h4-7,12,14,17-18,22H,1-3,8-11H2,(H,28,29)/b15-12+/t17-,18+,22?. The van der Waals surface area contributed by atoms with Gasteiger partial charge < -0.3 is 23.6 Å². The molecule has 0 radical (unpaired) electrons. The maximum absolute atomic E-state index is 12.8. The second kappa shape index (κ2) is 7.82. The summed E-state index contributed by atoms with van der Waals surface area (Å²) in [4.78, 5) is 27.1. The first-order valence-electron chi connectivity index (χ1n) is 12.2. The molecule has 0 bridgehead atoms. The van der Waals surface area contributed by atoms with E-state index in [-0.39, 0.29) is 11.5 Å². The van der Waals surface area contributed by atoms with Gasteiger partial charge in [0.05, 0.1) is 24.9 Å². The van der Waals surface area contributed by atoms with Gasteiger partial charge in [-0.05, 0) is 42.9 Å². The lowest BCUT2D eigenvalue weighted by atomic mass is 10.2. The van der Waals surface area contributed by atoms with E-state index in [0.717, 1.165) is 27.9 Å². The van der Waals surface area contributed by atoms with Crippen molar-refractivity contribution >= 4 is 34.1 Å². The minimum atomic E-state index is -0.298. The zero-order valence-corrected chi connectivity index (χ0v) is 19.1. The smallest absolute Gasteiger partial charge is 0.264 e. The largest absolute Gasteiger partial charge is 0.453 e. The highest BCUT2D eigenvalue weighted by molar-refractivity contribution is 6.03. The van der Waals surface area contributed by atoms with Crippen molar-refractivity contribution in [1.82, 2.24) is 24.4 Å². The molecule has 3 atom stereocenters. The Kier molecular flexibility index (Phi) is 4.57. The van der Waals surface area contributed by atoms with E-state index in [4.69, 9.17) is 14.1 Å². The van der Waals surface area contributed by atoms with Gasteiger partial charge in [-0.15, -0.1) is 0 Å². The Bertz CT molecular complexity index is 1520. The van der Waals surface area contributed by atoms with Gasteiger partial charge >= 0.3 is 0 Å². The number of morpholine rings is 1. The van der Waals surface area contributed by atoms with Crippen LogP contribution in [0.1, 0.15) is 31.1 Å². The second-order valence-corrected chi connectivity index (χ2v) is 9.56. The molecular formula is C26H24N6O3. The van der Waals surface area contributed by atoms with E-state index < -0.39 is 0 Å². The molecule has 2 aliphatic carbocycles. The maximum Gasteiger partial charge on any atom is 0.264 e. The molecule has 1 saturated heterocycles. The molecule has 0 spiro atoms. The van der Waals surface area contributed by atoms with Crippen molar-refractivity contribution in [2.45, 2.75) is 25.3 Å². The fourth-order valence-electron chi connectivity index (χ4n) is 5.99. The van der Waals surface area contributed by atoms with Crippen molar-refractivity contribution in [3.8, 4) is 17.7 Å². The molecule has 4 aromatic rings. The summed E-state index contributed by atoms with van der Waals surface area (Å²) in [6.45, 7) is 1.93. The summed E-state index contributed by atoms with van der Waals surface area (Å²) in [7, 11) is 0. The van der Waals surface area contributed by atoms with Gasteiger partial charge in [0.15, 0.2) is 11.6 Å². The van der Waals surface area contributed by atoms with Crippen LogP contribution in [0.5, 0.6) is 0 Å². The molecule has 1 unspecified atom stereocenters. The van der Waals surface area contributed by atoms with Gasteiger partial charge in [-0.25, -0.2) is 9.97 Å². The summed E-state index contributed by atoms with van der Waals surface area (Å²) in [6, 6.07) is 8.16. The van der Waals surface area contributed by atoms with Crippen molar-refractivity contribution in [3.63, 3.8) is 0 Å². The summed E-state index contributed by atoms with van der Waals surface area (Å²) in [5, 5.41) is 10.7. The number of ether oxygens (including phenoxy) is 1. The first-order chi connectivity index (χ1) is 17.2. The average molecular weight is 469 g/mol. The number of nitrogens with zero attached hydrogens (tertiary/aromatic N) is 5. The summed E-state index contributed by atoms with van der Waals surface area (Å²) in [5.74, 6) is 2.91. The van der Waals surface area contributed by atoms with Crippen LogP contribution < -0.4 is 0 Å². The van der Waals surface area contributed by atoms with Gasteiger partial charge in [-0.3, -0.25) is 4.79 Å². The van der Waals surface area contributed by atoms with Gasteiger partial charge in [-0.1, -0.05) is 6.42 Å². The summed E-state index contributed by atoms with van der Waals surface area (Å²) in [5.41, 5.74) is 2.82. The van der Waals surface area contributed by atoms with Crippen LogP contribution in [0.4, 0.5) is 0 Å². The zero-order valence-electron chi connectivity index (χ0n) is 19.1. The summed E-state index contributed by atoms with van der Waals surface area (Å²) >= 11 is 0. The predicted octanol–water partition coefficient (Wildman–Crippen LogP) is 3.91. The number of hydrogen-bond donors (Lipinski definition) is 1. The van der Waals surface area contributed by atoms with Crippen LogP contribution >= 0.6 is 0 Å². The minimum Gasteiger partial charge on any atom is -0.453 e. The monoisotopic (exact) mass is 468 g/mol. The van der Waals surface area contributed by atoms with E-state index >= 15 is 0 Å². The minimum absolute atomic E-state index is 0.0521.